The lowest BCUT2D eigenvalue weighted by Crippen LogP contribution is -2.36. The van der Waals surface area contributed by atoms with E-state index in [1.54, 1.807) is 32.9 Å². The lowest BCUT2D eigenvalue weighted by Gasteiger charge is -2.35. The Labute approximate surface area is 133 Å². The standard InChI is InChI=1S/C15H17F3O4S/c1-4-14(5-2)9-13(22-23(19,20)15(16,17)18)11-8-10(3)6-7-12(11)21-14/h6-9H,4-5H2,1-3H3. The van der Waals surface area contributed by atoms with Gasteiger partial charge in [0.25, 0.3) is 0 Å². The third-order valence-electron chi connectivity index (χ3n) is 3.79. The molecule has 0 bridgehead atoms. The molecule has 0 spiro atoms. The zero-order valence-electron chi connectivity index (χ0n) is 12.9. The van der Waals surface area contributed by atoms with E-state index in [0.29, 0.717) is 18.6 Å². The first-order valence-electron chi connectivity index (χ1n) is 7.07. The summed E-state index contributed by atoms with van der Waals surface area (Å²) in [6.07, 6.45) is 2.23. The number of aryl methyl sites for hydroxylation is 1. The average Bonchev–Trinajstić information content (AvgIpc) is 2.46. The van der Waals surface area contributed by atoms with E-state index in [2.05, 4.69) is 4.18 Å². The Morgan fingerprint density at radius 2 is 1.83 bits per heavy atom. The van der Waals surface area contributed by atoms with Crippen LogP contribution in [0.3, 0.4) is 0 Å². The van der Waals surface area contributed by atoms with Gasteiger partial charge in [0.05, 0.1) is 5.56 Å². The summed E-state index contributed by atoms with van der Waals surface area (Å²) in [5.41, 5.74) is -5.46. The second-order valence-electron chi connectivity index (χ2n) is 5.37. The van der Waals surface area contributed by atoms with Crippen LogP contribution >= 0.6 is 0 Å². The Hall–Kier alpha value is -1.70. The van der Waals surface area contributed by atoms with E-state index < -0.39 is 21.2 Å². The molecule has 0 N–H and O–H groups in total. The normalized spacial score (nSPS) is 17.0. The third-order valence-corrected chi connectivity index (χ3v) is 4.75. The van der Waals surface area contributed by atoms with Gasteiger partial charge in [-0.25, -0.2) is 0 Å². The zero-order chi connectivity index (χ0) is 17.5. The molecule has 1 aliphatic rings. The molecule has 0 aromatic heterocycles. The highest BCUT2D eigenvalue weighted by Gasteiger charge is 2.50. The molecule has 0 unspecified atom stereocenters. The van der Waals surface area contributed by atoms with E-state index in [4.69, 9.17) is 4.74 Å². The third kappa shape index (κ3) is 3.31. The molecule has 8 heteroatoms. The quantitative estimate of drug-likeness (QED) is 0.605. The minimum Gasteiger partial charge on any atom is -0.482 e. The number of hydrogen-bond donors (Lipinski definition) is 0. The summed E-state index contributed by atoms with van der Waals surface area (Å²) in [7, 11) is -5.74. The molecule has 0 aliphatic carbocycles. The summed E-state index contributed by atoms with van der Waals surface area (Å²) in [5, 5.41) is 0. The van der Waals surface area contributed by atoms with Gasteiger partial charge in [-0.15, -0.1) is 0 Å². The van der Waals surface area contributed by atoms with Crippen LogP contribution in [0.2, 0.25) is 0 Å². The Morgan fingerprint density at radius 3 is 2.35 bits per heavy atom. The summed E-state index contributed by atoms with van der Waals surface area (Å²) in [4.78, 5) is 0. The fraction of sp³-hybridized carbons (Fsp3) is 0.467. The van der Waals surface area contributed by atoms with Crippen LogP contribution in [0.1, 0.15) is 37.8 Å². The van der Waals surface area contributed by atoms with E-state index in [-0.39, 0.29) is 11.3 Å². The molecule has 1 aromatic rings. The first kappa shape index (κ1) is 17.7. The van der Waals surface area contributed by atoms with Gasteiger partial charge in [-0.3, -0.25) is 0 Å². The smallest absolute Gasteiger partial charge is 0.482 e. The monoisotopic (exact) mass is 350 g/mol. The van der Waals surface area contributed by atoms with Crippen molar-refractivity contribution in [3.05, 3.63) is 35.4 Å². The zero-order valence-corrected chi connectivity index (χ0v) is 13.7. The van der Waals surface area contributed by atoms with Crippen molar-refractivity contribution in [1.82, 2.24) is 0 Å². The van der Waals surface area contributed by atoms with E-state index in [1.807, 2.05) is 0 Å². The lowest BCUT2D eigenvalue weighted by atomic mass is 9.91. The molecule has 23 heavy (non-hydrogen) atoms. The minimum absolute atomic E-state index is 0.190. The Kier molecular flexibility index (Phi) is 4.40. The van der Waals surface area contributed by atoms with Crippen molar-refractivity contribution in [3.8, 4) is 5.75 Å². The second kappa shape index (κ2) is 5.74. The van der Waals surface area contributed by atoms with Crippen molar-refractivity contribution >= 4 is 15.9 Å². The van der Waals surface area contributed by atoms with Crippen LogP contribution in [0.25, 0.3) is 5.76 Å². The number of hydrogen-bond acceptors (Lipinski definition) is 4. The van der Waals surface area contributed by atoms with Crippen molar-refractivity contribution < 1.29 is 30.5 Å². The lowest BCUT2D eigenvalue weighted by molar-refractivity contribution is -0.0510. The summed E-state index contributed by atoms with van der Waals surface area (Å²) in [5.74, 6) is -0.0508. The van der Waals surface area contributed by atoms with Gasteiger partial charge >= 0.3 is 15.6 Å². The van der Waals surface area contributed by atoms with Gasteiger partial charge in [0, 0.05) is 6.08 Å². The van der Waals surface area contributed by atoms with Crippen LogP contribution in [0.4, 0.5) is 13.2 Å². The molecule has 4 nitrogen and oxygen atoms in total. The highest BCUT2D eigenvalue weighted by atomic mass is 32.2. The summed E-state index contributed by atoms with van der Waals surface area (Å²) >= 11 is 0. The van der Waals surface area contributed by atoms with Crippen molar-refractivity contribution in [2.24, 2.45) is 0 Å². The molecule has 1 aromatic carbocycles. The van der Waals surface area contributed by atoms with Gasteiger partial charge in [-0.2, -0.15) is 21.6 Å². The van der Waals surface area contributed by atoms with Gasteiger partial charge in [0.15, 0.2) is 5.76 Å². The summed E-state index contributed by atoms with van der Waals surface area (Å²) < 4.78 is 70.9. The van der Waals surface area contributed by atoms with Crippen LogP contribution in [0.15, 0.2) is 24.3 Å². The van der Waals surface area contributed by atoms with Gasteiger partial charge < -0.3 is 8.92 Å². The highest BCUT2D eigenvalue weighted by Crippen LogP contribution is 2.42. The van der Waals surface area contributed by atoms with Crippen LogP contribution in [0, 0.1) is 6.92 Å². The predicted molar refractivity (Wildman–Crippen MR) is 79.2 cm³/mol. The number of rotatable bonds is 4. The fourth-order valence-electron chi connectivity index (χ4n) is 2.32. The molecule has 1 aliphatic heterocycles. The van der Waals surface area contributed by atoms with Gasteiger partial charge in [-0.1, -0.05) is 25.5 Å². The molecule has 0 atom stereocenters. The van der Waals surface area contributed by atoms with E-state index >= 15 is 0 Å². The van der Waals surface area contributed by atoms with Gasteiger partial charge in [0.2, 0.25) is 0 Å². The number of benzene rings is 1. The van der Waals surface area contributed by atoms with Gasteiger partial charge in [0.1, 0.15) is 11.4 Å². The minimum atomic E-state index is -5.74. The predicted octanol–water partition coefficient (Wildman–Crippen LogP) is 4.15. The molecule has 0 radical (unpaired) electrons. The molecule has 2 rings (SSSR count). The largest absolute Gasteiger partial charge is 0.534 e. The SMILES string of the molecule is CCC1(CC)C=C(OS(=O)(=O)C(F)(F)F)c2cc(C)ccc2O1. The van der Waals surface area contributed by atoms with Crippen molar-refractivity contribution in [3.63, 3.8) is 0 Å². The molecule has 0 amide bonds. The number of ether oxygens (including phenoxy) is 1. The molecular weight excluding hydrogens is 333 g/mol. The maximum Gasteiger partial charge on any atom is 0.534 e. The maximum atomic E-state index is 12.6. The van der Waals surface area contributed by atoms with E-state index in [9.17, 15) is 21.6 Å². The first-order chi connectivity index (χ1) is 10.5. The van der Waals surface area contributed by atoms with Crippen molar-refractivity contribution in [1.29, 1.82) is 0 Å². The highest BCUT2D eigenvalue weighted by molar-refractivity contribution is 7.87. The topological polar surface area (TPSA) is 52.6 Å². The maximum absolute atomic E-state index is 12.6. The number of halogens is 3. The van der Waals surface area contributed by atoms with E-state index in [1.165, 1.54) is 12.1 Å². The fourth-order valence-corrected chi connectivity index (χ4v) is 2.79. The van der Waals surface area contributed by atoms with Crippen molar-refractivity contribution in [2.75, 3.05) is 0 Å². The molecule has 0 saturated carbocycles. The molecule has 1 heterocycles. The Morgan fingerprint density at radius 1 is 1.22 bits per heavy atom. The summed E-state index contributed by atoms with van der Waals surface area (Å²) in [6, 6.07) is 4.86. The van der Waals surface area contributed by atoms with Crippen LogP contribution < -0.4 is 4.74 Å². The van der Waals surface area contributed by atoms with Crippen LogP contribution in [-0.4, -0.2) is 19.5 Å². The second-order valence-corrected chi connectivity index (χ2v) is 6.90. The van der Waals surface area contributed by atoms with Crippen LogP contribution in [-0.2, 0) is 14.3 Å². The van der Waals surface area contributed by atoms with E-state index in [0.717, 1.165) is 5.56 Å². The number of fused-ring (bicyclic) bond motifs is 1. The van der Waals surface area contributed by atoms with Crippen LogP contribution in [0.5, 0.6) is 5.75 Å². The Bertz CT molecular complexity index is 732. The molecule has 0 saturated heterocycles. The molecule has 128 valence electrons. The first-order valence-corrected chi connectivity index (χ1v) is 8.48. The molecular formula is C15H17F3O4S. The average molecular weight is 350 g/mol. The van der Waals surface area contributed by atoms with Gasteiger partial charge in [-0.05, 0) is 31.9 Å². The number of alkyl halides is 3. The van der Waals surface area contributed by atoms with Crippen molar-refractivity contribution in [2.45, 2.75) is 44.7 Å². The molecule has 0 fully saturated rings. The summed E-state index contributed by atoms with van der Waals surface area (Å²) in [6.45, 7) is 5.34. The Balaban J connectivity index is 2.57.